The minimum atomic E-state index is 0.314. The minimum Gasteiger partial charge on any atom is -0.366 e. The molecule has 1 unspecified atom stereocenters. The standard InChI is InChI=1S/C10H18N4/c1-3-4-9(6-11)14-10-5-8(2)12-7-13-10/h5,7,9H,3-4,6,11H2,1-2H3,(H,12,13,14). The lowest BCUT2D eigenvalue weighted by atomic mass is 10.1. The van der Waals surface area contributed by atoms with Gasteiger partial charge in [-0.3, -0.25) is 0 Å². The summed E-state index contributed by atoms with van der Waals surface area (Å²) < 4.78 is 0. The molecule has 14 heavy (non-hydrogen) atoms. The van der Waals surface area contributed by atoms with Crippen molar-refractivity contribution in [1.29, 1.82) is 0 Å². The second-order valence-corrected chi connectivity index (χ2v) is 3.41. The molecule has 4 heteroatoms. The van der Waals surface area contributed by atoms with Crippen LogP contribution in [0, 0.1) is 6.92 Å². The zero-order chi connectivity index (χ0) is 10.4. The van der Waals surface area contributed by atoms with E-state index in [0.29, 0.717) is 12.6 Å². The largest absolute Gasteiger partial charge is 0.366 e. The van der Waals surface area contributed by atoms with Gasteiger partial charge in [0.2, 0.25) is 0 Å². The molecule has 1 aromatic heterocycles. The van der Waals surface area contributed by atoms with E-state index >= 15 is 0 Å². The maximum atomic E-state index is 5.64. The zero-order valence-electron chi connectivity index (χ0n) is 8.83. The molecule has 0 bridgehead atoms. The highest BCUT2D eigenvalue weighted by Crippen LogP contribution is 2.07. The molecule has 78 valence electrons. The van der Waals surface area contributed by atoms with Crippen LogP contribution in [0.3, 0.4) is 0 Å². The summed E-state index contributed by atoms with van der Waals surface area (Å²) in [5.41, 5.74) is 6.61. The van der Waals surface area contributed by atoms with Crippen LogP contribution in [0.4, 0.5) is 5.82 Å². The molecule has 1 rings (SSSR count). The van der Waals surface area contributed by atoms with Gasteiger partial charge in [-0.2, -0.15) is 0 Å². The molecule has 4 nitrogen and oxygen atoms in total. The van der Waals surface area contributed by atoms with Crippen molar-refractivity contribution in [2.24, 2.45) is 5.73 Å². The SMILES string of the molecule is CCCC(CN)Nc1cc(C)ncn1. The van der Waals surface area contributed by atoms with Gasteiger partial charge in [-0.05, 0) is 13.3 Å². The molecule has 0 amide bonds. The molecule has 1 atom stereocenters. The highest BCUT2D eigenvalue weighted by Gasteiger charge is 2.05. The molecule has 0 saturated carbocycles. The number of anilines is 1. The summed E-state index contributed by atoms with van der Waals surface area (Å²) in [6.45, 7) is 4.73. The summed E-state index contributed by atoms with van der Waals surface area (Å²) in [5.74, 6) is 0.862. The first-order valence-corrected chi connectivity index (χ1v) is 5.01. The molecule has 0 aliphatic rings. The summed E-state index contributed by atoms with van der Waals surface area (Å²) in [7, 11) is 0. The third kappa shape index (κ3) is 3.30. The van der Waals surface area contributed by atoms with Crippen LogP contribution >= 0.6 is 0 Å². The first-order valence-electron chi connectivity index (χ1n) is 5.01. The van der Waals surface area contributed by atoms with Crippen LogP contribution in [0.15, 0.2) is 12.4 Å². The average molecular weight is 194 g/mol. The molecule has 3 N–H and O–H groups in total. The predicted octanol–water partition coefficient (Wildman–Crippen LogP) is 1.32. The first-order chi connectivity index (χ1) is 6.76. The van der Waals surface area contributed by atoms with Gasteiger partial charge in [-0.15, -0.1) is 0 Å². The maximum Gasteiger partial charge on any atom is 0.129 e. The second kappa shape index (κ2) is 5.54. The van der Waals surface area contributed by atoms with Crippen LogP contribution in [0.2, 0.25) is 0 Å². The number of nitrogens with two attached hydrogens (primary N) is 1. The smallest absolute Gasteiger partial charge is 0.129 e. The van der Waals surface area contributed by atoms with E-state index in [-0.39, 0.29) is 0 Å². The molecule has 1 aromatic rings. The number of hydrogen-bond donors (Lipinski definition) is 2. The Bertz CT molecular complexity index is 275. The van der Waals surface area contributed by atoms with Gasteiger partial charge in [0.25, 0.3) is 0 Å². The Morgan fingerprint density at radius 2 is 2.29 bits per heavy atom. The first kappa shape index (κ1) is 10.9. The fraction of sp³-hybridized carbons (Fsp3) is 0.600. The van der Waals surface area contributed by atoms with Gasteiger partial charge in [-0.1, -0.05) is 13.3 Å². The lowest BCUT2D eigenvalue weighted by Crippen LogP contribution is -2.29. The van der Waals surface area contributed by atoms with E-state index in [1.807, 2.05) is 13.0 Å². The molecule has 1 heterocycles. The monoisotopic (exact) mass is 194 g/mol. The van der Waals surface area contributed by atoms with Crippen molar-refractivity contribution in [3.05, 3.63) is 18.1 Å². The van der Waals surface area contributed by atoms with E-state index < -0.39 is 0 Å². The van der Waals surface area contributed by atoms with Crippen molar-refractivity contribution < 1.29 is 0 Å². The molecular weight excluding hydrogens is 176 g/mol. The predicted molar refractivity (Wildman–Crippen MR) is 58.1 cm³/mol. The fourth-order valence-corrected chi connectivity index (χ4v) is 1.34. The molecule has 0 aliphatic heterocycles. The van der Waals surface area contributed by atoms with Crippen LogP contribution < -0.4 is 11.1 Å². The van der Waals surface area contributed by atoms with Gasteiger partial charge in [0.1, 0.15) is 12.1 Å². The summed E-state index contributed by atoms with van der Waals surface area (Å²) in [6.07, 6.45) is 3.76. The average Bonchev–Trinajstić information content (AvgIpc) is 2.17. The quantitative estimate of drug-likeness (QED) is 0.742. The lowest BCUT2D eigenvalue weighted by molar-refractivity contribution is 0.645. The topological polar surface area (TPSA) is 63.8 Å². The van der Waals surface area contributed by atoms with E-state index in [1.165, 1.54) is 0 Å². The van der Waals surface area contributed by atoms with Crippen LogP contribution in [-0.2, 0) is 0 Å². The van der Waals surface area contributed by atoms with Crippen molar-refractivity contribution in [1.82, 2.24) is 9.97 Å². The van der Waals surface area contributed by atoms with Gasteiger partial charge in [-0.25, -0.2) is 9.97 Å². The fourth-order valence-electron chi connectivity index (χ4n) is 1.34. The van der Waals surface area contributed by atoms with E-state index in [9.17, 15) is 0 Å². The van der Waals surface area contributed by atoms with Gasteiger partial charge in [0, 0.05) is 24.3 Å². The Hall–Kier alpha value is -1.16. The number of nitrogens with zero attached hydrogens (tertiary/aromatic N) is 2. The summed E-state index contributed by atoms with van der Waals surface area (Å²) >= 11 is 0. The molecule has 0 spiro atoms. The van der Waals surface area contributed by atoms with Crippen LogP contribution in [-0.4, -0.2) is 22.6 Å². The van der Waals surface area contributed by atoms with Crippen molar-refractivity contribution >= 4 is 5.82 Å². The van der Waals surface area contributed by atoms with Gasteiger partial charge >= 0.3 is 0 Å². The Morgan fingerprint density at radius 1 is 1.50 bits per heavy atom. The summed E-state index contributed by atoms with van der Waals surface area (Å²) in [6, 6.07) is 2.24. The van der Waals surface area contributed by atoms with Crippen LogP contribution in [0.1, 0.15) is 25.5 Å². The van der Waals surface area contributed by atoms with Crippen LogP contribution in [0.25, 0.3) is 0 Å². The molecule has 0 aromatic carbocycles. The van der Waals surface area contributed by atoms with Crippen LogP contribution in [0.5, 0.6) is 0 Å². The van der Waals surface area contributed by atoms with E-state index in [0.717, 1.165) is 24.4 Å². The van der Waals surface area contributed by atoms with Crippen molar-refractivity contribution in [3.63, 3.8) is 0 Å². The lowest BCUT2D eigenvalue weighted by Gasteiger charge is -2.16. The van der Waals surface area contributed by atoms with Crippen molar-refractivity contribution in [3.8, 4) is 0 Å². The zero-order valence-corrected chi connectivity index (χ0v) is 8.83. The van der Waals surface area contributed by atoms with E-state index in [2.05, 4.69) is 22.2 Å². The van der Waals surface area contributed by atoms with Crippen molar-refractivity contribution in [2.75, 3.05) is 11.9 Å². The van der Waals surface area contributed by atoms with Gasteiger partial charge in [0.05, 0.1) is 0 Å². The Labute approximate surface area is 85.0 Å². The summed E-state index contributed by atoms with van der Waals surface area (Å²) in [4.78, 5) is 8.17. The molecule has 0 radical (unpaired) electrons. The van der Waals surface area contributed by atoms with Gasteiger partial charge in [0.15, 0.2) is 0 Å². The second-order valence-electron chi connectivity index (χ2n) is 3.41. The normalized spacial score (nSPS) is 12.5. The van der Waals surface area contributed by atoms with E-state index in [1.54, 1.807) is 6.33 Å². The Kier molecular flexibility index (Phi) is 4.32. The minimum absolute atomic E-state index is 0.314. The van der Waals surface area contributed by atoms with Gasteiger partial charge < -0.3 is 11.1 Å². The Morgan fingerprint density at radius 3 is 2.86 bits per heavy atom. The molecule has 0 aliphatic carbocycles. The molecule has 0 saturated heterocycles. The number of nitrogens with one attached hydrogen (secondary N) is 1. The number of rotatable bonds is 5. The number of aromatic nitrogens is 2. The molecule has 0 fully saturated rings. The number of hydrogen-bond acceptors (Lipinski definition) is 4. The molecular formula is C10H18N4. The summed E-state index contributed by atoms with van der Waals surface area (Å²) in [5, 5.41) is 3.29. The third-order valence-electron chi connectivity index (χ3n) is 2.08. The van der Waals surface area contributed by atoms with Crippen molar-refractivity contribution in [2.45, 2.75) is 32.7 Å². The number of aryl methyl sites for hydroxylation is 1. The highest BCUT2D eigenvalue weighted by atomic mass is 15.0. The third-order valence-corrected chi connectivity index (χ3v) is 2.08. The maximum absolute atomic E-state index is 5.64. The Balaban J connectivity index is 2.57. The highest BCUT2D eigenvalue weighted by molar-refractivity contribution is 5.35. The van der Waals surface area contributed by atoms with E-state index in [4.69, 9.17) is 5.73 Å².